The molecular formula is C13H13BrN4S. The van der Waals surface area contributed by atoms with E-state index >= 15 is 0 Å². The van der Waals surface area contributed by atoms with Gasteiger partial charge >= 0.3 is 0 Å². The van der Waals surface area contributed by atoms with Crippen LogP contribution in [0, 0.1) is 0 Å². The SMILES string of the molecule is S=C(NCCc1ccccc1)Nc1nccnc1Br. The zero-order valence-electron chi connectivity index (χ0n) is 10.1. The Morgan fingerprint density at radius 1 is 1.16 bits per heavy atom. The molecule has 0 atom stereocenters. The van der Waals surface area contributed by atoms with E-state index in [4.69, 9.17) is 12.2 Å². The highest BCUT2D eigenvalue weighted by Gasteiger charge is 2.03. The third-order valence-corrected chi connectivity index (χ3v) is 3.25. The summed E-state index contributed by atoms with van der Waals surface area (Å²) in [5, 5.41) is 6.67. The summed E-state index contributed by atoms with van der Waals surface area (Å²) < 4.78 is 0.641. The Hall–Kier alpha value is -1.53. The van der Waals surface area contributed by atoms with Crippen LogP contribution >= 0.6 is 28.1 Å². The lowest BCUT2D eigenvalue weighted by molar-refractivity contribution is 0.872. The van der Waals surface area contributed by atoms with Crippen molar-refractivity contribution in [1.82, 2.24) is 15.3 Å². The molecule has 0 fully saturated rings. The van der Waals surface area contributed by atoms with Crippen LogP contribution in [-0.4, -0.2) is 21.6 Å². The third kappa shape index (κ3) is 4.57. The molecule has 2 N–H and O–H groups in total. The molecule has 0 saturated heterocycles. The molecule has 2 aromatic rings. The first kappa shape index (κ1) is 13.9. The maximum Gasteiger partial charge on any atom is 0.172 e. The van der Waals surface area contributed by atoms with Crippen LogP contribution in [0.15, 0.2) is 47.3 Å². The lowest BCUT2D eigenvalue weighted by Gasteiger charge is -2.10. The van der Waals surface area contributed by atoms with E-state index < -0.39 is 0 Å². The van der Waals surface area contributed by atoms with E-state index in [9.17, 15) is 0 Å². The molecule has 98 valence electrons. The van der Waals surface area contributed by atoms with Crippen LogP contribution < -0.4 is 10.6 Å². The Morgan fingerprint density at radius 2 is 1.89 bits per heavy atom. The summed E-state index contributed by atoms with van der Waals surface area (Å²) in [5.74, 6) is 0.611. The maximum atomic E-state index is 5.20. The second-order valence-corrected chi connectivity index (χ2v) is 4.97. The summed E-state index contributed by atoms with van der Waals surface area (Å²) >= 11 is 8.51. The molecule has 0 radical (unpaired) electrons. The minimum absolute atomic E-state index is 0.539. The Labute approximate surface area is 125 Å². The first-order valence-corrected chi connectivity index (χ1v) is 7.01. The quantitative estimate of drug-likeness (QED) is 0.841. The van der Waals surface area contributed by atoms with E-state index in [1.165, 1.54) is 5.56 Å². The largest absolute Gasteiger partial charge is 0.362 e. The lowest BCUT2D eigenvalue weighted by Crippen LogP contribution is -2.30. The summed E-state index contributed by atoms with van der Waals surface area (Å²) in [6, 6.07) is 10.3. The molecule has 0 aliphatic carbocycles. The summed E-state index contributed by atoms with van der Waals surface area (Å²) in [7, 11) is 0. The van der Waals surface area contributed by atoms with Crippen LogP contribution in [0.1, 0.15) is 5.56 Å². The van der Waals surface area contributed by atoms with Crippen molar-refractivity contribution in [3.8, 4) is 0 Å². The number of benzene rings is 1. The van der Waals surface area contributed by atoms with Gasteiger partial charge in [-0.05, 0) is 40.1 Å². The van der Waals surface area contributed by atoms with E-state index in [1.54, 1.807) is 12.4 Å². The molecule has 0 bridgehead atoms. The number of hydrogen-bond acceptors (Lipinski definition) is 3. The van der Waals surface area contributed by atoms with Crippen molar-refractivity contribution in [1.29, 1.82) is 0 Å². The van der Waals surface area contributed by atoms with Crippen molar-refractivity contribution >= 4 is 39.1 Å². The van der Waals surface area contributed by atoms with Gasteiger partial charge in [0.05, 0.1) is 0 Å². The number of nitrogens with one attached hydrogen (secondary N) is 2. The summed E-state index contributed by atoms with van der Waals surface area (Å²) in [5.41, 5.74) is 1.28. The highest BCUT2D eigenvalue weighted by atomic mass is 79.9. The van der Waals surface area contributed by atoms with Crippen LogP contribution in [0.4, 0.5) is 5.82 Å². The second-order valence-electron chi connectivity index (χ2n) is 3.81. The molecule has 2 rings (SSSR count). The molecular weight excluding hydrogens is 324 g/mol. The number of anilines is 1. The van der Waals surface area contributed by atoms with Gasteiger partial charge in [-0.1, -0.05) is 30.3 Å². The molecule has 1 heterocycles. The first-order chi connectivity index (χ1) is 9.25. The van der Waals surface area contributed by atoms with Gasteiger partial charge in [-0.25, -0.2) is 9.97 Å². The predicted molar refractivity (Wildman–Crippen MR) is 84.1 cm³/mol. The van der Waals surface area contributed by atoms with Gasteiger partial charge in [0.15, 0.2) is 10.9 Å². The van der Waals surface area contributed by atoms with Crippen LogP contribution in [0.3, 0.4) is 0 Å². The number of aromatic nitrogens is 2. The molecule has 4 nitrogen and oxygen atoms in total. The summed E-state index contributed by atoms with van der Waals surface area (Å²) in [6.45, 7) is 0.772. The number of hydrogen-bond donors (Lipinski definition) is 2. The zero-order valence-corrected chi connectivity index (χ0v) is 12.5. The van der Waals surface area contributed by atoms with Gasteiger partial charge in [-0.15, -0.1) is 0 Å². The Kier molecular flexibility index (Phi) is 5.23. The van der Waals surface area contributed by atoms with Gasteiger partial charge in [0.1, 0.15) is 4.60 Å². The van der Waals surface area contributed by atoms with Gasteiger partial charge in [0.25, 0.3) is 0 Å². The van der Waals surface area contributed by atoms with Crippen molar-refractivity contribution in [3.05, 3.63) is 52.9 Å². The van der Waals surface area contributed by atoms with Gasteiger partial charge in [0, 0.05) is 18.9 Å². The van der Waals surface area contributed by atoms with Gasteiger partial charge < -0.3 is 10.6 Å². The third-order valence-electron chi connectivity index (χ3n) is 2.43. The number of rotatable bonds is 4. The molecule has 1 aromatic carbocycles. The molecule has 0 spiro atoms. The van der Waals surface area contributed by atoms with E-state index in [2.05, 4.69) is 48.7 Å². The highest BCUT2D eigenvalue weighted by Crippen LogP contribution is 2.14. The van der Waals surface area contributed by atoms with Gasteiger partial charge in [-0.3, -0.25) is 0 Å². The molecule has 0 saturated carbocycles. The molecule has 0 aliphatic heterocycles. The molecule has 0 unspecified atom stereocenters. The van der Waals surface area contributed by atoms with Crippen molar-refractivity contribution in [3.63, 3.8) is 0 Å². The zero-order chi connectivity index (χ0) is 13.5. The summed E-state index contributed by atoms with van der Waals surface area (Å²) in [4.78, 5) is 8.20. The fraction of sp³-hybridized carbons (Fsp3) is 0.154. The maximum absolute atomic E-state index is 5.20. The van der Waals surface area contributed by atoms with Crippen molar-refractivity contribution in [2.45, 2.75) is 6.42 Å². The van der Waals surface area contributed by atoms with Crippen LogP contribution in [-0.2, 0) is 6.42 Å². The number of halogens is 1. The average Bonchev–Trinajstić information content (AvgIpc) is 2.43. The number of nitrogens with zero attached hydrogens (tertiary/aromatic N) is 2. The molecule has 0 aliphatic rings. The smallest absolute Gasteiger partial charge is 0.172 e. The van der Waals surface area contributed by atoms with Crippen LogP contribution in [0.25, 0.3) is 0 Å². The molecule has 1 aromatic heterocycles. The Morgan fingerprint density at radius 3 is 2.63 bits per heavy atom. The standard InChI is InChI=1S/C13H13BrN4S/c14-11-12(16-9-8-15-11)18-13(19)17-7-6-10-4-2-1-3-5-10/h1-5,8-9H,6-7H2,(H2,16,17,18,19). The van der Waals surface area contributed by atoms with E-state index in [0.29, 0.717) is 15.5 Å². The minimum Gasteiger partial charge on any atom is -0.362 e. The monoisotopic (exact) mass is 336 g/mol. The average molecular weight is 337 g/mol. The number of thiocarbonyl (C=S) groups is 1. The van der Waals surface area contributed by atoms with Crippen molar-refractivity contribution < 1.29 is 0 Å². The molecule has 19 heavy (non-hydrogen) atoms. The van der Waals surface area contributed by atoms with E-state index in [1.807, 2.05) is 18.2 Å². The van der Waals surface area contributed by atoms with Crippen LogP contribution in [0.5, 0.6) is 0 Å². The van der Waals surface area contributed by atoms with Gasteiger partial charge in [-0.2, -0.15) is 0 Å². The fourth-order valence-corrected chi connectivity index (χ4v) is 2.04. The van der Waals surface area contributed by atoms with E-state index in [-0.39, 0.29) is 0 Å². The lowest BCUT2D eigenvalue weighted by atomic mass is 10.1. The summed E-state index contributed by atoms with van der Waals surface area (Å²) in [6.07, 6.45) is 4.14. The first-order valence-electron chi connectivity index (χ1n) is 5.81. The Bertz CT molecular complexity index is 547. The molecule has 6 heteroatoms. The normalized spacial score (nSPS) is 9.95. The topological polar surface area (TPSA) is 49.8 Å². The second kappa shape index (κ2) is 7.16. The predicted octanol–water partition coefficient (Wildman–Crippen LogP) is 2.77. The Balaban J connectivity index is 1.78. The fourth-order valence-electron chi connectivity index (χ4n) is 1.52. The molecule has 0 amide bonds. The van der Waals surface area contributed by atoms with Crippen molar-refractivity contribution in [2.24, 2.45) is 0 Å². The van der Waals surface area contributed by atoms with Crippen LogP contribution in [0.2, 0.25) is 0 Å². The van der Waals surface area contributed by atoms with Gasteiger partial charge in [0.2, 0.25) is 0 Å². The van der Waals surface area contributed by atoms with Crippen molar-refractivity contribution in [2.75, 3.05) is 11.9 Å². The van der Waals surface area contributed by atoms with E-state index in [0.717, 1.165) is 13.0 Å². The highest BCUT2D eigenvalue weighted by molar-refractivity contribution is 9.10. The minimum atomic E-state index is 0.539.